The van der Waals surface area contributed by atoms with Crippen LogP contribution < -0.4 is 14.8 Å². The molecule has 1 heterocycles. The Kier molecular flexibility index (Phi) is 7.57. The van der Waals surface area contributed by atoms with Crippen molar-refractivity contribution in [3.8, 4) is 11.5 Å². The lowest BCUT2D eigenvalue weighted by Crippen LogP contribution is -2.43. The first-order valence-electron chi connectivity index (χ1n) is 9.32. The molecule has 1 atom stereocenters. The molecule has 1 amide bonds. The Morgan fingerprint density at radius 3 is 2.69 bits per heavy atom. The van der Waals surface area contributed by atoms with Gasteiger partial charge in [0.25, 0.3) is 0 Å². The van der Waals surface area contributed by atoms with Crippen molar-refractivity contribution in [2.75, 3.05) is 39.9 Å². The normalized spacial score (nSPS) is 18.2. The van der Waals surface area contributed by atoms with Gasteiger partial charge in [0, 0.05) is 19.6 Å². The van der Waals surface area contributed by atoms with E-state index < -0.39 is 5.60 Å². The Balaban J connectivity index is 1.70. The lowest BCUT2D eigenvalue weighted by Gasteiger charge is -2.32. The summed E-state index contributed by atoms with van der Waals surface area (Å²) in [6.07, 6.45) is 1.92. The maximum Gasteiger partial charge on any atom is 0.407 e. The summed E-state index contributed by atoms with van der Waals surface area (Å²) in [7, 11) is 1.65. The fraction of sp³-hybridized carbons (Fsp3) is 0.650. The average Bonchev–Trinajstić information content (AvgIpc) is 2.59. The Bertz CT molecular complexity index is 571. The van der Waals surface area contributed by atoms with Gasteiger partial charge >= 0.3 is 6.09 Å². The molecule has 1 fully saturated rings. The van der Waals surface area contributed by atoms with Gasteiger partial charge in [-0.2, -0.15) is 0 Å². The Labute approximate surface area is 156 Å². The van der Waals surface area contributed by atoms with Crippen LogP contribution in [0, 0.1) is 5.92 Å². The molecular weight excluding hydrogens is 332 g/mol. The third-order valence-electron chi connectivity index (χ3n) is 4.27. The minimum atomic E-state index is -0.460. The first kappa shape index (κ1) is 20.4. The van der Waals surface area contributed by atoms with Gasteiger partial charge in [0.1, 0.15) is 12.2 Å². The number of benzene rings is 1. The van der Waals surface area contributed by atoms with Crippen LogP contribution in [-0.4, -0.2) is 56.5 Å². The van der Waals surface area contributed by atoms with Gasteiger partial charge in [-0.1, -0.05) is 12.1 Å². The third kappa shape index (κ3) is 7.12. The number of likely N-dealkylation sites (tertiary alicyclic amines) is 1. The molecule has 0 radical (unpaired) electrons. The SMILES string of the molecule is COc1ccccc1OCCN1CCCC(CNC(=O)OC(C)(C)C)C1. The second-order valence-electron chi connectivity index (χ2n) is 7.69. The number of ether oxygens (including phenoxy) is 3. The predicted molar refractivity (Wildman–Crippen MR) is 102 cm³/mol. The van der Waals surface area contributed by atoms with E-state index in [1.807, 2.05) is 45.0 Å². The van der Waals surface area contributed by atoms with Crippen molar-refractivity contribution in [1.29, 1.82) is 0 Å². The highest BCUT2D eigenvalue weighted by Crippen LogP contribution is 2.25. The second-order valence-corrected chi connectivity index (χ2v) is 7.69. The maximum atomic E-state index is 11.8. The van der Waals surface area contributed by atoms with Crippen molar-refractivity contribution in [2.45, 2.75) is 39.2 Å². The van der Waals surface area contributed by atoms with E-state index in [9.17, 15) is 4.79 Å². The number of carbonyl (C=O) groups excluding carboxylic acids is 1. The second kappa shape index (κ2) is 9.67. The molecule has 1 aromatic carbocycles. The Morgan fingerprint density at radius 1 is 1.27 bits per heavy atom. The number of nitrogens with zero attached hydrogens (tertiary/aromatic N) is 1. The third-order valence-corrected chi connectivity index (χ3v) is 4.27. The molecule has 146 valence electrons. The molecule has 0 bridgehead atoms. The number of methoxy groups -OCH3 is 1. The van der Waals surface area contributed by atoms with Crippen LogP contribution in [0.15, 0.2) is 24.3 Å². The zero-order valence-electron chi connectivity index (χ0n) is 16.4. The number of piperidine rings is 1. The van der Waals surface area contributed by atoms with Crippen LogP contribution in [-0.2, 0) is 4.74 Å². The zero-order chi connectivity index (χ0) is 19.0. The van der Waals surface area contributed by atoms with Crippen molar-refractivity contribution in [3.63, 3.8) is 0 Å². The number of hydrogen-bond donors (Lipinski definition) is 1. The molecule has 0 spiro atoms. The standard InChI is InChI=1S/C20H32N2O4/c1-20(2,3)26-19(23)21-14-16-8-7-11-22(15-16)12-13-25-18-10-6-5-9-17(18)24-4/h5-6,9-10,16H,7-8,11-15H2,1-4H3,(H,21,23). The van der Waals surface area contributed by atoms with Gasteiger partial charge in [-0.15, -0.1) is 0 Å². The molecule has 1 aliphatic heterocycles. The quantitative estimate of drug-likeness (QED) is 0.804. The fourth-order valence-corrected chi connectivity index (χ4v) is 3.09. The summed E-state index contributed by atoms with van der Waals surface area (Å²) in [6, 6.07) is 7.69. The van der Waals surface area contributed by atoms with Crippen molar-refractivity contribution in [2.24, 2.45) is 5.92 Å². The van der Waals surface area contributed by atoms with Crippen LogP contribution in [0.2, 0.25) is 0 Å². The molecule has 1 aliphatic rings. The van der Waals surface area contributed by atoms with Gasteiger partial charge in [-0.25, -0.2) is 4.79 Å². The molecule has 6 heteroatoms. The van der Waals surface area contributed by atoms with Crippen molar-refractivity contribution >= 4 is 6.09 Å². The molecule has 1 N–H and O–H groups in total. The number of alkyl carbamates (subject to hydrolysis) is 1. The zero-order valence-corrected chi connectivity index (χ0v) is 16.4. The predicted octanol–water partition coefficient (Wildman–Crippen LogP) is 3.31. The molecule has 0 saturated carbocycles. The summed E-state index contributed by atoms with van der Waals surface area (Å²) in [4.78, 5) is 14.2. The molecular formula is C20H32N2O4. The lowest BCUT2D eigenvalue weighted by atomic mass is 9.98. The minimum Gasteiger partial charge on any atom is -0.493 e. The van der Waals surface area contributed by atoms with Crippen molar-refractivity contribution in [3.05, 3.63) is 24.3 Å². The maximum absolute atomic E-state index is 11.8. The Morgan fingerprint density at radius 2 is 2.00 bits per heavy atom. The van der Waals surface area contributed by atoms with E-state index in [0.717, 1.165) is 44.0 Å². The van der Waals surface area contributed by atoms with Gasteiger partial charge in [-0.3, -0.25) is 4.90 Å². The van der Waals surface area contributed by atoms with Crippen LogP contribution in [0.1, 0.15) is 33.6 Å². The molecule has 2 rings (SSSR count). The Hall–Kier alpha value is -1.95. The first-order chi connectivity index (χ1) is 12.4. The summed E-state index contributed by atoms with van der Waals surface area (Å²) >= 11 is 0. The summed E-state index contributed by atoms with van der Waals surface area (Å²) in [6.45, 7) is 9.78. The van der Waals surface area contributed by atoms with E-state index in [2.05, 4.69) is 10.2 Å². The van der Waals surface area contributed by atoms with Crippen LogP contribution in [0.4, 0.5) is 4.79 Å². The number of amides is 1. The van der Waals surface area contributed by atoms with E-state index >= 15 is 0 Å². The van der Waals surface area contributed by atoms with E-state index in [0.29, 0.717) is 19.1 Å². The smallest absolute Gasteiger partial charge is 0.407 e. The van der Waals surface area contributed by atoms with Crippen LogP contribution >= 0.6 is 0 Å². The lowest BCUT2D eigenvalue weighted by molar-refractivity contribution is 0.0505. The molecule has 6 nitrogen and oxygen atoms in total. The number of nitrogens with one attached hydrogen (secondary N) is 1. The summed E-state index contributed by atoms with van der Waals surface area (Å²) in [5.41, 5.74) is -0.460. The van der Waals surface area contributed by atoms with Gasteiger partial charge in [0.15, 0.2) is 11.5 Å². The van der Waals surface area contributed by atoms with Crippen LogP contribution in [0.25, 0.3) is 0 Å². The largest absolute Gasteiger partial charge is 0.493 e. The van der Waals surface area contributed by atoms with Gasteiger partial charge in [-0.05, 0) is 58.2 Å². The van der Waals surface area contributed by atoms with Crippen molar-refractivity contribution in [1.82, 2.24) is 10.2 Å². The molecule has 26 heavy (non-hydrogen) atoms. The van der Waals surface area contributed by atoms with E-state index in [4.69, 9.17) is 14.2 Å². The molecule has 0 aliphatic carbocycles. The van der Waals surface area contributed by atoms with Crippen LogP contribution in [0.5, 0.6) is 11.5 Å². The van der Waals surface area contributed by atoms with E-state index in [1.165, 1.54) is 0 Å². The van der Waals surface area contributed by atoms with Crippen LogP contribution in [0.3, 0.4) is 0 Å². The monoisotopic (exact) mass is 364 g/mol. The summed E-state index contributed by atoms with van der Waals surface area (Å²) in [5.74, 6) is 1.98. The molecule has 1 aromatic rings. The topological polar surface area (TPSA) is 60.0 Å². The molecule has 1 unspecified atom stereocenters. The average molecular weight is 364 g/mol. The van der Waals surface area contributed by atoms with E-state index in [-0.39, 0.29) is 6.09 Å². The van der Waals surface area contributed by atoms with Crippen molar-refractivity contribution < 1.29 is 19.0 Å². The highest BCUT2D eigenvalue weighted by molar-refractivity contribution is 5.67. The fourth-order valence-electron chi connectivity index (χ4n) is 3.09. The molecule has 1 saturated heterocycles. The number of hydrogen-bond acceptors (Lipinski definition) is 5. The minimum absolute atomic E-state index is 0.339. The van der Waals surface area contributed by atoms with Gasteiger partial charge in [0.05, 0.1) is 7.11 Å². The number of rotatable bonds is 7. The number of para-hydroxylation sites is 2. The highest BCUT2D eigenvalue weighted by atomic mass is 16.6. The van der Waals surface area contributed by atoms with Gasteiger partial charge < -0.3 is 19.5 Å². The number of carbonyl (C=O) groups is 1. The summed E-state index contributed by atoms with van der Waals surface area (Å²) < 4.78 is 16.5. The molecule has 0 aromatic heterocycles. The van der Waals surface area contributed by atoms with Gasteiger partial charge in [0.2, 0.25) is 0 Å². The highest BCUT2D eigenvalue weighted by Gasteiger charge is 2.22. The first-order valence-corrected chi connectivity index (χ1v) is 9.32. The summed E-state index contributed by atoms with van der Waals surface area (Å²) in [5, 5.41) is 2.89. The van der Waals surface area contributed by atoms with E-state index in [1.54, 1.807) is 7.11 Å².